The van der Waals surface area contributed by atoms with Crippen LogP contribution in [0.5, 0.6) is 0 Å². The van der Waals surface area contributed by atoms with E-state index in [2.05, 4.69) is 20.7 Å². The summed E-state index contributed by atoms with van der Waals surface area (Å²) in [7, 11) is 2.24. The number of carbonyl (C=O) groups excluding carboxylic acids is 5. The molecule has 2 aromatic rings. The quantitative estimate of drug-likeness (QED) is 0.0975. The number of carbonyl (C=O) groups is 5. The summed E-state index contributed by atoms with van der Waals surface area (Å²) in [6, 6.07) is 12.1. The van der Waals surface area contributed by atoms with Gasteiger partial charge in [-0.3, -0.25) is 28.7 Å². The Morgan fingerprint density at radius 2 is 1.44 bits per heavy atom. The highest BCUT2D eigenvalue weighted by molar-refractivity contribution is 7.89. The summed E-state index contributed by atoms with van der Waals surface area (Å²) in [6.07, 6.45) is 0.352. The lowest BCUT2D eigenvalue weighted by Crippen LogP contribution is -2.59. The van der Waals surface area contributed by atoms with Gasteiger partial charge in [-0.15, -0.1) is 0 Å². The molecule has 3 rings (SSSR count). The maximum atomic E-state index is 14.4. The van der Waals surface area contributed by atoms with Gasteiger partial charge in [0, 0.05) is 40.8 Å². The summed E-state index contributed by atoms with van der Waals surface area (Å²) < 4.78 is 40.6. The zero-order valence-corrected chi connectivity index (χ0v) is 40.6. The molecule has 1 aliphatic rings. The van der Waals surface area contributed by atoms with E-state index in [0.29, 0.717) is 43.5 Å². The largest absolute Gasteiger partial charge is 0.379 e. The highest BCUT2D eigenvalue weighted by Gasteiger charge is 2.43. The molecule has 1 heterocycles. The first-order valence-electron chi connectivity index (χ1n) is 22.5. The average Bonchev–Trinajstić information content (AvgIpc) is 3.74. The highest BCUT2D eigenvalue weighted by atomic mass is 32.2. The van der Waals surface area contributed by atoms with Gasteiger partial charge in [-0.1, -0.05) is 109 Å². The number of hydrogen-bond acceptors (Lipinski definition) is 11. The number of likely N-dealkylation sites (N-methyl/N-ethyl adjacent to an activating group) is 2. The zero-order valence-electron chi connectivity index (χ0n) is 39.8. The topological polar surface area (TPSA) is 219 Å². The van der Waals surface area contributed by atoms with Crippen LogP contribution >= 0.6 is 0 Å². The number of benzene rings is 2. The molecule has 64 heavy (non-hydrogen) atoms. The predicted molar refractivity (Wildman–Crippen MR) is 248 cm³/mol. The van der Waals surface area contributed by atoms with E-state index < -0.39 is 75.9 Å². The Labute approximate surface area is 381 Å². The zero-order chi connectivity index (χ0) is 47.9. The van der Waals surface area contributed by atoms with E-state index >= 15 is 0 Å². The molecule has 17 heteroatoms. The molecule has 1 fully saturated rings. The third kappa shape index (κ3) is 14.8. The van der Waals surface area contributed by atoms with Crippen molar-refractivity contribution in [3.63, 3.8) is 0 Å². The third-order valence-corrected chi connectivity index (χ3v) is 13.8. The minimum absolute atomic E-state index is 0.00181. The first kappa shape index (κ1) is 53.9. The maximum Gasteiger partial charge on any atom is 0.256 e. The van der Waals surface area contributed by atoms with Gasteiger partial charge in [0.25, 0.3) is 5.91 Å². The molecule has 0 spiro atoms. The van der Waals surface area contributed by atoms with Crippen LogP contribution in [-0.2, 0) is 62.2 Å². The lowest BCUT2D eigenvalue weighted by Gasteiger charge is -2.41. The second kappa shape index (κ2) is 25.3. The van der Waals surface area contributed by atoms with Crippen molar-refractivity contribution in [2.75, 3.05) is 34.9 Å². The van der Waals surface area contributed by atoms with Crippen molar-refractivity contribution in [3.05, 3.63) is 71.3 Å². The summed E-state index contributed by atoms with van der Waals surface area (Å²) in [5.41, 5.74) is 7.68. The van der Waals surface area contributed by atoms with Gasteiger partial charge in [0.1, 0.15) is 12.1 Å². The van der Waals surface area contributed by atoms with Gasteiger partial charge in [-0.2, -0.15) is 0 Å². The Morgan fingerprint density at radius 1 is 0.828 bits per heavy atom. The molecule has 358 valence electrons. The van der Waals surface area contributed by atoms with Crippen molar-refractivity contribution >= 4 is 39.6 Å². The van der Waals surface area contributed by atoms with Gasteiger partial charge in [0.05, 0.1) is 48.4 Å². The van der Waals surface area contributed by atoms with Crippen LogP contribution < -0.4 is 26.4 Å². The molecule has 5 amide bonds. The van der Waals surface area contributed by atoms with Crippen molar-refractivity contribution < 1.29 is 41.9 Å². The highest BCUT2D eigenvalue weighted by Crippen LogP contribution is 2.30. The van der Waals surface area contributed by atoms with Gasteiger partial charge in [0.2, 0.25) is 33.7 Å². The number of nitrogens with one attached hydrogen (secondary N) is 4. The Bertz CT molecular complexity index is 1930. The fraction of sp³-hybridized carbons (Fsp3) is 0.638. The molecule has 9 atom stereocenters. The molecule has 6 N–H and O–H groups in total. The monoisotopic (exact) mass is 914 g/mol. The molecule has 1 saturated heterocycles. The molecular formula is C47H75N7O9S. The van der Waals surface area contributed by atoms with Crippen molar-refractivity contribution in [1.82, 2.24) is 30.5 Å². The summed E-state index contributed by atoms with van der Waals surface area (Å²) >= 11 is 0. The number of amides is 5. The third-order valence-electron chi connectivity index (χ3n) is 12.5. The Hall–Kier alpha value is -4.42. The summed E-state index contributed by atoms with van der Waals surface area (Å²) in [5.74, 6) is -3.86. The molecule has 2 aromatic carbocycles. The molecule has 0 radical (unpaired) electrons. The Kier molecular flexibility index (Phi) is 21.3. The van der Waals surface area contributed by atoms with Crippen LogP contribution in [0.4, 0.5) is 0 Å². The minimum atomic E-state index is -4.16. The fourth-order valence-electron chi connectivity index (χ4n) is 8.66. The standard InChI is InChI=1S/C47H75N7O9S/c1-12-31(6)42(53(9)47(59)41(30(4)5)51-46(58)40(49-8)29(2)3)38(62-10)26-39(55)54-24-16-19-37(54)43(63-11)32(7)44(56)50-36(25-33-17-14-13-15-18-33)45(57)52-64(60,61)28-35-22-20-34(27-48)21-23-35/h13-15,17-18,20-23,29-32,36-38,40-43,49H,12,16,19,24-28,48H2,1-11H3,(H,50,56)(H,51,58)(H,52,57)/t31-,32+,36-,37-,38+,40-,41-,42-,43+/m0/s1. The van der Waals surface area contributed by atoms with Crippen LogP contribution in [0.1, 0.15) is 90.8 Å². The maximum absolute atomic E-state index is 14.4. The van der Waals surface area contributed by atoms with Crippen molar-refractivity contribution in [2.45, 2.75) is 135 Å². The minimum Gasteiger partial charge on any atom is -0.379 e. The summed E-state index contributed by atoms with van der Waals surface area (Å²) in [4.78, 5) is 73.0. The van der Waals surface area contributed by atoms with E-state index in [1.165, 1.54) is 14.2 Å². The van der Waals surface area contributed by atoms with Gasteiger partial charge in [-0.05, 0) is 54.3 Å². The van der Waals surface area contributed by atoms with E-state index in [9.17, 15) is 32.4 Å². The summed E-state index contributed by atoms with van der Waals surface area (Å²) in [5, 5.41) is 8.80. The molecule has 16 nitrogen and oxygen atoms in total. The first-order chi connectivity index (χ1) is 30.2. The number of sulfonamides is 1. The Balaban J connectivity index is 1.81. The van der Waals surface area contributed by atoms with Crippen LogP contribution in [0.15, 0.2) is 54.6 Å². The van der Waals surface area contributed by atoms with Crippen LogP contribution in [0.25, 0.3) is 0 Å². The number of nitrogens with two attached hydrogens (primary N) is 1. The molecular weight excluding hydrogens is 839 g/mol. The Morgan fingerprint density at radius 3 is 1.97 bits per heavy atom. The lowest BCUT2D eigenvalue weighted by atomic mass is 9.89. The van der Waals surface area contributed by atoms with E-state index in [1.54, 1.807) is 79.3 Å². The van der Waals surface area contributed by atoms with Crippen LogP contribution in [0, 0.1) is 23.7 Å². The van der Waals surface area contributed by atoms with Gasteiger partial charge < -0.3 is 41.0 Å². The number of nitrogens with zero attached hydrogens (tertiary/aromatic N) is 2. The van der Waals surface area contributed by atoms with E-state index in [4.69, 9.17) is 15.2 Å². The van der Waals surface area contributed by atoms with Crippen molar-refractivity contribution in [3.8, 4) is 0 Å². The van der Waals surface area contributed by atoms with E-state index in [1.807, 2.05) is 47.6 Å². The predicted octanol–water partition coefficient (Wildman–Crippen LogP) is 3.12. The van der Waals surface area contributed by atoms with Crippen LogP contribution in [0.3, 0.4) is 0 Å². The summed E-state index contributed by atoms with van der Waals surface area (Å²) in [6.45, 7) is 14.0. The van der Waals surface area contributed by atoms with E-state index in [0.717, 1.165) is 5.56 Å². The second-order valence-corrected chi connectivity index (χ2v) is 19.5. The van der Waals surface area contributed by atoms with E-state index in [-0.39, 0.29) is 48.3 Å². The first-order valence-corrected chi connectivity index (χ1v) is 24.1. The smallest absolute Gasteiger partial charge is 0.256 e. The molecule has 1 aliphatic heterocycles. The van der Waals surface area contributed by atoms with Crippen LogP contribution in [-0.4, -0.2) is 125 Å². The second-order valence-electron chi connectivity index (χ2n) is 17.8. The molecule has 0 unspecified atom stereocenters. The molecule has 0 saturated carbocycles. The van der Waals surface area contributed by atoms with Crippen molar-refractivity contribution in [1.29, 1.82) is 0 Å². The van der Waals surface area contributed by atoms with Crippen LogP contribution in [0.2, 0.25) is 0 Å². The molecule has 0 bridgehead atoms. The molecule has 0 aliphatic carbocycles. The lowest BCUT2D eigenvalue weighted by molar-refractivity contribution is -0.148. The number of methoxy groups -OCH3 is 2. The van der Waals surface area contributed by atoms with Gasteiger partial charge in [0.15, 0.2) is 0 Å². The fourth-order valence-corrected chi connectivity index (χ4v) is 9.82. The SMILES string of the molecule is CC[C@H](C)[C@@H]([C@@H](CC(=O)N1CCC[C@H]1[C@H](OC)[C@@H](C)C(=O)N[C@@H](Cc1ccccc1)C(=O)NS(=O)(=O)Cc1ccc(CN)cc1)OC)N(C)C(=O)[C@@H](NC(=O)[C@@H](NC)C(C)C)C(C)C. The van der Waals surface area contributed by atoms with Crippen molar-refractivity contribution in [2.24, 2.45) is 29.4 Å². The normalized spacial score (nSPS) is 18.0. The number of likely N-dealkylation sites (tertiary alicyclic amines) is 1. The molecule has 0 aromatic heterocycles. The number of ether oxygens (including phenoxy) is 2. The van der Waals surface area contributed by atoms with Gasteiger partial charge in [-0.25, -0.2) is 8.42 Å². The van der Waals surface area contributed by atoms with Gasteiger partial charge >= 0.3 is 0 Å². The number of rotatable bonds is 25. The average molecular weight is 914 g/mol. The number of hydrogen-bond donors (Lipinski definition) is 5.